The molecule has 0 spiro atoms. The molecule has 81 heavy (non-hydrogen) atoms. The van der Waals surface area contributed by atoms with Gasteiger partial charge >= 0.3 is 0 Å². The standard InChI is InChI=1S/C62H38Cl4O12S3/c63-41-5-35-59(65)57(37-41)61(67)39-1-7-43(8-2-39)75-45-11-23-51(24-12-45)79(69,70)53-27-15-47(16-28-53)77-49-19-31-55(32-20-49)81(73,74)56-33-21-50(22-34-56)78-48-17-29-54(30-18-48)80(71,72)52-25-13-46(14-26-52)76-44-9-3-40(4-10-44)62(68)58-38-42(64)6-36-60(58)66/h1-38H. The third-order valence-corrected chi connectivity index (χ3v) is 18.8. The van der Waals surface area contributed by atoms with Crippen molar-refractivity contribution in [1.82, 2.24) is 0 Å². The smallest absolute Gasteiger partial charge is 0.206 e. The maximum absolute atomic E-state index is 13.6. The van der Waals surface area contributed by atoms with E-state index >= 15 is 0 Å². The number of hydrogen-bond acceptors (Lipinski definition) is 12. The summed E-state index contributed by atoms with van der Waals surface area (Å²) < 4.78 is 105. The first-order valence-corrected chi connectivity index (χ1v) is 30.0. The molecule has 0 aromatic heterocycles. The molecule has 0 aliphatic carbocycles. The van der Waals surface area contributed by atoms with Crippen LogP contribution in [-0.4, -0.2) is 36.8 Å². The summed E-state index contributed by atoms with van der Waals surface area (Å²) in [7, 11) is -11.9. The van der Waals surface area contributed by atoms with Gasteiger partial charge in [-0.2, -0.15) is 0 Å². The van der Waals surface area contributed by atoms with Crippen LogP contribution in [0.25, 0.3) is 0 Å². The van der Waals surface area contributed by atoms with Gasteiger partial charge in [0.15, 0.2) is 11.6 Å². The molecule has 10 aromatic rings. The van der Waals surface area contributed by atoms with Gasteiger partial charge in [0.1, 0.15) is 46.0 Å². The van der Waals surface area contributed by atoms with Crippen LogP contribution < -0.4 is 18.9 Å². The highest BCUT2D eigenvalue weighted by Crippen LogP contribution is 2.34. The summed E-state index contributed by atoms with van der Waals surface area (Å²) in [6.45, 7) is 0. The van der Waals surface area contributed by atoms with Gasteiger partial charge in [-0.05, 0) is 231 Å². The predicted molar refractivity (Wildman–Crippen MR) is 308 cm³/mol. The van der Waals surface area contributed by atoms with Gasteiger partial charge in [-0.15, -0.1) is 0 Å². The lowest BCUT2D eigenvalue weighted by molar-refractivity contribution is 0.103. The first kappa shape index (κ1) is 56.0. The normalized spacial score (nSPS) is 11.6. The van der Waals surface area contributed by atoms with E-state index in [0.717, 1.165) is 0 Å². The molecule has 10 aromatic carbocycles. The highest BCUT2D eigenvalue weighted by atomic mass is 35.5. The van der Waals surface area contributed by atoms with Crippen molar-refractivity contribution in [3.05, 3.63) is 273 Å². The SMILES string of the molecule is O=C(c1ccc(Oc2ccc(S(=O)(=O)c3ccc(Oc4ccc(S(=O)(=O)c5ccc(Oc6ccc(S(=O)(=O)c7ccc(Oc8ccc(C(=O)c9cc(Cl)ccc9Cl)cc8)cc7)cc6)cc5)cc4)cc3)cc2)cc1)c1cc(Cl)ccc1Cl. The van der Waals surface area contributed by atoms with Crippen molar-refractivity contribution in [2.24, 2.45) is 0 Å². The summed E-state index contributed by atoms with van der Waals surface area (Å²) in [6, 6.07) is 56.8. The van der Waals surface area contributed by atoms with Gasteiger partial charge in [-0.3, -0.25) is 9.59 Å². The van der Waals surface area contributed by atoms with Crippen molar-refractivity contribution in [2.75, 3.05) is 0 Å². The molecule has 0 atom stereocenters. The Balaban J connectivity index is 0.702. The topological polar surface area (TPSA) is 173 Å². The average Bonchev–Trinajstić information content (AvgIpc) is 3.53. The van der Waals surface area contributed by atoms with E-state index in [-0.39, 0.29) is 62.1 Å². The average molecular weight is 1210 g/mol. The summed E-state index contributed by atoms with van der Waals surface area (Å²) in [5.41, 5.74) is 1.29. The van der Waals surface area contributed by atoms with Crippen molar-refractivity contribution in [1.29, 1.82) is 0 Å². The molecule has 0 amide bonds. The number of sulfone groups is 3. The fourth-order valence-corrected chi connectivity index (χ4v) is 12.6. The molecule has 404 valence electrons. The fraction of sp³-hybridized carbons (Fsp3) is 0. The van der Waals surface area contributed by atoms with Gasteiger partial charge in [0.2, 0.25) is 29.5 Å². The molecule has 0 N–H and O–H groups in total. The van der Waals surface area contributed by atoms with Crippen LogP contribution in [0.1, 0.15) is 31.8 Å². The summed E-state index contributed by atoms with van der Waals surface area (Å²) in [5.74, 6) is 2.17. The van der Waals surface area contributed by atoms with Crippen LogP contribution >= 0.6 is 46.4 Å². The summed E-state index contributed by atoms with van der Waals surface area (Å²) in [6.07, 6.45) is 0. The van der Waals surface area contributed by atoms with Crippen LogP contribution in [0.2, 0.25) is 20.1 Å². The molecule has 0 fully saturated rings. The van der Waals surface area contributed by atoms with Gasteiger partial charge < -0.3 is 18.9 Å². The molecule has 0 aliphatic heterocycles. The van der Waals surface area contributed by atoms with Gasteiger partial charge in [-0.1, -0.05) is 46.4 Å². The zero-order valence-corrected chi connectivity index (χ0v) is 47.0. The number of benzene rings is 10. The Kier molecular flexibility index (Phi) is 16.2. The summed E-state index contributed by atoms with van der Waals surface area (Å²) in [5, 5.41) is 1.32. The highest BCUT2D eigenvalue weighted by Gasteiger charge is 2.22. The lowest BCUT2D eigenvalue weighted by atomic mass is 10.0. The molecule has 19 heteroatoms. The Labute approximate surface area is 486 Å². The minimum atomic E-state index is -3.98. The second-order valence-electron chi connectivity index (χ2n) is 17.7. The van der Waals surface area contributed by atoms with Crippen LogP contribution in [0.5, 0.6) is 46.0 Å². The lowest BCUT2D eigenvalue weighted by Crippen LogP contribution is -2.02. The third kappa shape index (κ3) is 12.7. The quantitative estimate of drug-likeness (QED) is 0.0745. The van der Waals surface area contributed by atoms with Crippen LogP contribution in [0, 0.1) is 0 Å². The molecule has 0 saturated carbocycles. The van der Waals surface area contributed by atoms with Crippen LogP contribution in [0.15, 0.2) is 260 Å². The number of halogens is 4. The highest BCUT2D eigenvalue weighted by molar-refractivity contribution is 7.92. The second-order valence-corrected chi connectivity index (χ2v) is 25.2. The van der Waals surface area contributed by atoms with E-state index < -0.39 is 29.5 Å². The second kappa shape index (κ2) is 23.5. The zero-order valence-electron chi connectivity index (χ0n) is 41.6. The van der Waals surface area contributed by atoms with Gasteiger partial charge in [0.05, 0.1) is 39.4 Å². The van der Waals surface area contributed by atoms with Crippen LogP contribution in [0.3, 0.4) is 0 Å². The summed E-state index contributed by atoms with van der Waals surface area (Å²) in [4.78, 5) is 26.0. The molecule has 0 bridgehead atoms. The molecule has 0 saturated heterocycles. The number of carbonyl (C=O) groups excluding carboxylic acids is 2. The Morgan fingerprint density at radius 2 is 0.444 bits per heavy atom. The van der Waals surface area contributed by atoms with E-state index in [9.17, 15) is 34.8 Å². The van der Waals surface area contributed by atoms with Gasteiger partial charge in [-0.25, -0.2) is 25.3 Å². The number of carbonyl (C=O) groups is 2. The van der Waals surface area contributed by atoms with E-state index in [2.05, 4.69) is 0 Å². The molecule has 12 nitrogen and oxygen atoms in total. The molecular weight excluding hydrogens is 1170 g/mol. The first-order valence-electron chi connectivity index (χ1n) is 24.1. The Morgan fingerprint density at radius 1 is 0.259 bits per heavy atom. The van der Waals surface area contributed by atoms with E-state index in [1.165, 1.54) is 158 Å². The molecule has 0 radical (unpaired) electrons. The van der Waals surface area contributed by atoms with Crippen LogP contribution in [-0.2, 0) is 29.5 Å². The number of rotatable bonds is 18. The Hall–Kier alpha value is -8.25. The van der Waals surface area contributed by atoms with E-state index in [1.54, 1.807) is 72.8 Å². The van der Waals surface area contributed by atoms with Gasteiger partial charge in [0.25, 0.3) is 0 Å². The van der Waals surface area contributed by atoms with Crippen molar-refractivity contribution in [3.63, 3.8) is 0 Å². The molecule has 0 unspecified atom stereocenters. The van der Waals surface area contributed by atoms with E-state index in [4.69, 9.17) is 65.4 Å². The monoisotopic (exact) mass is 1210 g/mol. The van der Waals surface area contributed by atoms with Crippen molar-refractivity contribution in [2.45, 2.75) is 29.4 Å². The molecule has 0 heterocycles. The first-order chi connectivity index (χ1) is 38.8. The van der Waals surface area contributed by atoms with Crippen molar-refractivity contribution < 1.29 is 53.8 Å². The number of ketones is 2. The predicted octanol–water partition coefficient (Wildman–Crippen LogP) is 16.4. The number of ether oxygens (including phenoxy) is 4. The third-order valence-electron chi connectivity index (χ3n) is 12.3. The lowest BCUT2D eigenvalue weighted by Gasteiger charge is -2.11. The van der Waals surface area contributed by atoms with Crippen LogP contribution in [0.4, 0.5) is 0 Å². The maximum atomic E-state index is 13.6. The molecule has 0 aliphatic rings. The Morgan fingerprint density at radius 3 is 0.642 bits per heavy atom. The summed E-state index contributed by atoms with van der Waals surface area (Å²) >= 11 is 24.5. The zero-order chi connectivity index (χ0) is 57.1. The minimum absolute atomic E-state index is 0.00770. The Bertz CT molecular complexity index is 4060. The van der Waals surface area contributed by atoms with Crippen molar-refractivity contribution in [3.8, 4) is 46.0 Å². The van der Waals surface area contributed by atoms with E-state index in [0.29, 0.717) is 67.2 Å². The molecule has 10 rings (SSSR count). The fourth-order valence-electron chi connectivity index (χ4n) is 8.08. The van der Waals surface area contributed by atoms with E-state index in [1.807, 2.05) is 0 Å². The maximum Gasteiger partial charge on any atom is 0.206 e. The minimum Gasteiger partial charge on any atom is -0.457 e. The largest absolute Gasteiger partial charge is 0.457 e. The molecular formula is C62H38Cl4O12S3. The van der Waals surface area contributed by atoms with Crippen molar-refractivity contribution >= 4 is 87.5 Å². The van der Waals surface area contributed by atoms with Gasteiger partial charge in [0, 0.05) is 32.3 Å². The number of hydrogen-bond donors (Lipinski definition) is 0.